The van der Waals surface area contributed by atoms with Crippen molar-refractivity contribution in [3.63, 3.8) is 0 Å². The number of hydrazine groups is 2. The van der Waals surface area contributed by atoms with E-state index in [2.05, 4.69) is 20.9 Å². The fourth-order valence-electron chi connectivity index (χ4n) is 3.89. The number of nitrogens with zero attached hydrogens (tertiary/aromatic N) is 4. The molecule has 8 nitrogen and oxygen atoms in total. The zero-order valence-electron chi connectivity index (χ0n) is 17.3. The summed E-state index contributed by atoms with van der Waals surface area (Å²) in [4.78, 5) is 23.2. The molecule has 3 aliphatic rings. The van der Waals surface area contributed by atoms with Crippen molar-refractivity contribution >= 4 is 11.6 Å². The second-order valence-electron chi connectivity index (χ2n) is 8.17. The lowest BCUT2D eigenvalue weighted by molar-refractivity contribution is -0.133. The zero-order valence-corrected chi connectivity index (χ0v) is 17.3. The van der Waals surface area contributed by atoms with Crippen LogP contribution < -0.4 is 15.7 Å². The third-order valence-electron chi connectivity index (χ3n) is 5.91. The van der Waals surface area contributed by atoms with E-state index in [1.165, 1.54) is 5.56 Å². The van der Waals surface area contributed by atoms with E-state index in [4.69, 9.17) is 4.74 Å². The summed E-state index contributed by atoms with van der Waals surface area (Å²) >= 11 is 0. The Kier molecular flexibility index (Phi) is 4.78. The Bertz CT molecular complexity index is 999. The molecule has 0 bridgehead atoms. The van der Waals surface area contributed by atoms with E-state index in [9.17, 15) is 4.79 Å². The summed E-state index contributed by atoms with van der Waals surface area (Å²) in [5.41, 5.74) is 12.5. The van der Waals surface area contributed by atoms with Gasteiger partial charge >= 0.3 is 0 Å². The molecule has 4 heterocycles. The molecule has 2 N–H and O–H groups in total. The number of fused-ring (bicyclic) bond motifs is 1. The molecule has 0 atom stereocenters. The highest BCUT2D eigenvalue weighted by Gasteiger charge is 2.34. The number of pyridine rings is 2. The number of carbonyl (C=O) groups is 1. The van der Waals surface area contributed by atoms with Gasteiger partial charge in [-0.15, -0.1) is 5.53 Å². The monoisotopic (exact) mass is 406 g/mol. The maximum atomic E-state index is 12.3. The highest BCUT2D eigenvalue weighted by atomic mass is 16.5. The minimum absolute atomic E-state index is 0.263. The Morgan fingerprint density at radius 1 is 1.23 bits per heavy atom. The van der Waals surface area contributed by atoms with E-state index in [0.717, 1.165) is 54.0 Å². The highest BCUT2D eigenvalue weighted by molar-refractivity contribution is 5.81. The van der Waals surface area contributed by atoms with Crippen molar-refractivity contribution in [1.29, 1.82) is 0 Å². The van der Waals surface area contributed by atoms with E-state index in [0.29, 0.717) is 24.9 Å². The average Bonchev–Trinajstić information content (AvgIpc) is 3.55. The quantitative estimate of drug-likeness (QED) is 0.783. The molecule has 1 amide bonds. The van der Waals surface area contributed by atoms with Crippen LogP contribution in [0.15, 0.2) is 36.3 Å². The predicted octanol–water partition coefficient (Wildman–Crippen LogP) is 1.78. The average molecular weight is 406 g/mol. The number of likely N-dealkylation sites (N-methyl/N-ethyl adjacent to an activating group) is 1. The largest absolute Gasteiger partial charge is 0.471 e. The first-order valence-electron chi connectivity index (χ1n) is 10.4. The number of nitrogens with one attached hydrogen (secondary N) is 2. The molecule has 0 aromatic carbocycles. The molecule has 1 saturated carbocycles. The molecule has 1 aliphatic carbocycles. The van der Waals surface area contributed by atoms with Gasteiger partial charge < -0.3 is 15.1 Å². The number of amides is 1. The minimum atomic E-state index is 0.263. The first kappa shape index (κ1) is 18.9. The van der Waals surface area contributed by atoms with E-state index < -0.39 is 0 Å². The molecule has 2 aliphatic heterocycles. The van der Waals surface area contributed by atoms with Crippen LogP contribution in [0.5, 0.6) is 5.88 Å². The smallest absolute Gasteiger partial charge is 0.225 e. The fourth-order valence-corrected chi connectivity index (χ4v) is 3.89. The molecule has 0 spiro atoms. The molecule has 0 radical (unpaired) electrons. The first-order chi connectivity index (χ1) is 14.6. The zero-order chi connectivity index (χ0) is 20.7. The van der Waals surface area contributed by atoms with Crippen molar-refractivity contribution in [2.75, 3.05) is 20.2 Å². The van der Waals surface area contributed by atoms with Crippen LogP contribution in [0.2, 0.25) is 0 Å². The Hall–Kier alpha value is -3.13. The van der Waals surface area contributed by atoms with Crippen molar-refractivity contribution in [2.24, 2.45) is 5.92 Å². The van der Waals surface area contributed by atoms with Gasteiger partial charge in [0.2, 0.25) is 11.8 Å². The second-order valence-corrected chi connectivity index (χ2v) is 8.17. The number of carbonyl (C=O) groups excluding carboxylic acids is 1. The normalized spacial score (nSPS) is 18.3. The lowest BCUT2D eigenvalue weighted by Crippen LogP contribution is -2.37. The van der Waals surface area contributed by atoms with E-state index in [1.54, 1.807) is 0 Å². The molecule has 2 aromatic rings. The second kappa shape index (κ2) is 7.60. The Labute approximate surface area is 175 Å². The van der Waals surface area contributed by atoms with Gasteiger partial charge in [-0.2, -0.15) is 0 Å². The van der Waals surface area contributed by atoms with Crippen LogP contribution in [-0.4, -0.2) is 46.0 Å². The number of hydrogen-bond acceptors (Lipinski definition) is 7. The Morgan fingerprint density at radius 3 is 2.87 bits per heavy atom. The van der Waals surface area contributed by atoms with Gasteiger partial charge in [-0.1, -0.05) is 0 Å². The van der Waals surface area contributed by atoms with Gasteiger partial charge in [0.15, 0.2) is 0 Å². The van der Waals surface area contributed by atoms with Crippen LogP contribution in [0.3, 0.4) is 0 Å². The van der Waals surface area contributed by atoms with Crippen LogP contribution in [0.25, 0.3) is 5.70 Å². The van der Waals surface area contributed by atoms with Crippen molar-refractivity contribution in [2.45, 2.75) is 32.7 Å². The van der Waals surface area contributed by atoms with Crippen molar-refractivity contribution < 1.29 is 9.53 Å². The molecule has 2 aromatic heterocycles. The highest BCUT2D eigenvalue weighted by Crippen LogP contribution is 2.33. The van der Waals surface area contributed by atoms with Crippen molar-refractivity contribution in [1.82, 2.24) is 30.8 Å². The number of aryl methyl sites for hydroxylation is 1. The van der Waals surface area contributed by atoms with Gasteiger partial charge in [0.1, 0.15) is 6.61 Å². The molecule has 5 rings (SSSR count). The minimum Gasteiger partial charge on any atom is -0.471 e. The van der Waals surface area contributed by atoms with Crippen LogP contribution >= 0.6 is 0 Å². The van der Waals surface area contributed by atoms with Gasteiger partial charge in [0.25, 0.3) is 0 Å². The summed E-state index contributed by atoms with van der Waals surface area (Å²) in [6.45, 7) is 3.78. The van der Waals surface area contributed by atoms with E-state index in [1.807, 2.05) is 54.5 Å². The van der Waals surface area contributed by atoms with Crippen LogP contribution in [0.4, 0.5) is 0 Å². The summed E-state index contributed by atoms with van der Waals surface area (Å²) < 4.78 is 6.03. The molecular formula is C22H26N6O2. The number of rotatable bonds is 5. The topological polar surface area (TPSA) is 82.6 Å². The maximum absolute atomic E-state index is 12.3. The van der Waals surface area contributed by atoms with Crippen LogP contribution in [0, 0.1) is 12.8 Å². The third kappa shape index (κ3) is 3.70. The standard InChI is InChI=1S/C22H26N6O2/c1-14-3-4-17(10-23-14)21-19(27(2)26-25-21)13-30-20-9-16-7-8-28(12-18(16)11-24-20)22(29)15-5-6-15/h3-4,9-11,15,25-26H,5-8,12-13H2,1-2H3. The van der Waals surface area contributed by atoms with Gasteiger partial charge in [0, 0.05) is 55.8 Å². The summed E-state index contributed by atoms with van der Waals surface area (Å²) in [5.74, 6) is 1.17. The van der Waals surface area contributed by atoms with Crippen LogP contribution in [-0.2, 0) is 17.8 Å². The maximum Gasteiger partial charge on any atom is 0.225 e. The molecule has 1 fully saturated rings. The number of ether oxygens (including phenoxy) is 1. The number of aromatic nitrogens is 2. The third-order valence-corrected chi connectivity index (χ3v) is 5.91. The lowest BCUT2D eigenvalue weighted by Gasteiger charge is -2.29. The predicted molar refractivity (Wildman–Crippen MR) is 112 cm³/mol. The Balaban J connectivity index is 1.29. The van der Waals surface area contributed by atoms with Gasteiger partial charge in [0.05, 0.1) is 11.4 Å². The van der Waals surface area contributed by atoms with Gasteiger partial charge in [-0.05, 0) is 49.4 Å². The summed E-state index contributed by atoms with van der Waals surface area (Å²) in [7, 11) is 1.94. The summed E-state index contributed by atoms with van der Waals surface area (Å²) in [6.07, 6.45) is 6.64. The van der Waals surface area contributed by atoms with Crippen molar-refractivity contribution in [3.05, 3.63) is 58.7 Å². The molecule has 0 saturated heterocycles. The van der Waals surface area contributed by atoms with E-state index in [-0.39, 0.29) is 5.92 Å². The molecule has 156 valence electrons. The van der Waals surface area contributed by atoms with Gasteiger partial charge in [-0.3, -0.25) is 14.8 Å². The van der Waals surface area contributed by atoms with Crippen molar-refractivity contribution in [3.8, 4) is 5.88 Å². The Morgan fingerprint density at radius 2 is 2.10 bits per heavy atom. The molecule has 30 heavy (non-hydrogen) atoms. The van der Waals surface area contributed by atoms with Crippen LogP contribution in [0.1, 0.15) is 35.2 Å². The van der Waals surface area contributed by atoms with Gasteiger partial charge in [-0.25, -0.2) is 4.98 Å². The fraction of sp³-hybridized carbons (Fsp3) is 0.409. The SMILES string of the molecule is Cc1ccc(C2=C(COc3cc4c(cn3)CN(C(=O)C3CC3)CC4)N(C)NN2)cn1. The molecular weight excluding hydrogens is 380 g/mol. The number of hydrogen-bond donors (Lipinski definition) is 2. The first-order valence-corrected chi connectivity index (χ1v) is 10.4. The summed E-state index contributed by atoms with van der Waals surface area (Å²) in [5, 5.41) is 1.90. The van der Waals surface area contributed by atoms with E-state index >= 15 is 0 Å². The summed E-state index contributed by atoms with van der Waals surface area (Å²) in [6, 6.07) is 6.04. The molecule has 8 heteroatoms. The molecule has 0 unspecified atom stereocenters. The lowest BCUT2D eigenvalue weighted by atomic mass is 10.0.